The van der Waals surface area contributed by atoms with Crippen LogP contribution in [0.3, 0.4) is 0 Å². The first-order chi connectivity index (χ1) is 11.4. The van der Waals surface area contributed by atoms with Gasteiger partial charge in [-0.05, 0) is 33.2 Å². The highest BCUT2D eigenvalue weighted by molar-refractivity contribution is 5.86. The fourth-order valence-electron chi connectivity index (χ4n) is 2.35. The molecule has 0 aromatic rings. The first kappa shape index (κ1) is 21.7. The van der Waals surface area contributed by atoms with Crippen LogP contribution < -0.4 is 5.32 Å². The summed E-state index contributed by atoms with van der Waals surface area (Å²) < 4.78 is 11.0. The van der Waals surface area contributed by atoms with Crippen LogP contribution in [0.15, 0.2) is 0 Å². The Hall–Kier alpha value is -1.34. The van der Waals surface area contributed by atoms with Gasteiger partial charge in [-0.15, -0.1) is 0 Å². The van der Waals surface area contributed by atoms with E-state index in [9.17, 15) is 9.59 Å². The molecular weight excluding hydrogens is 322 g/mol. The molecular formula is C18H35N3O4. The maximum absolute atomic E-state index is 12.8. The average molecular weight is 357 g/mol. The molecule has 1 fully saturated rings. The largest absolute Gasteiger partial charge is 0.444 e. The Morgan fingerprint density at radius 1 is 1.04 bits per heavy atom. The number of rotatable bonds is 5. The quantitative estimate of drug-likeness (QED) is 0.811. The fraction of sp³-hybridized carbons (Fsp3) is 0.889. The van der Waals surface area contributed by atoms with Crippen LogP contribution in [0.4, 0.5) is 4.79 Å². The van der Waals surface area contributed by atoms with Crippen molar-refractivity contribution in [3.05, 3.63) is 0 Å². The summed E-state index contributed by atoms with van der Waals surface area (Å²) >= 11 is 0. The molecule has 1 heterocycles. The smallest absolute Gasteiger partial charge is 0.408 e. The van der Waals surface area contributed by atoms with Crippen LogP contribution in [0.2, 0.25) is 0 Å². The summed E-state index contributed by atoms with van der Waals surface area (Å²) in [5.41, 5.74) is -0.620. The number of piperazine rings is 1. The van der Waals surface area contributed by atoms with Gasteiger partial charge in [-0.1, -0.05) is 20.8 Å². The third kappa shape index (κ3) is 9.07. The lowest BCUT2D eigenvalue weighted by Gasteiger charge is -2.35. The molecule has 1 unspecified atom stereocenters. The van der Waals surface area contributed by atoms with Gasteiger partial charge in [-0.2, -0.15) is 0 Å². The van der Waals surface area contributed by atoms with E-state index in [1.165, 1.54) is 0 Å². The molecule has 0 spiro atoms. The van der Waals surface area contributed by atoms with Gasteiger partial charge < -0.3 is 24.6 Å². The Balaban J connectivity index is 2.69. The minimum absolute atomic E-state index is 0.00659. The Morgan fingerprint density at radius 2 is 1.60 bits per heavy atom. The van der Waals surface area contributed by atoms with Crippen molar-refractivity contribution in [1.82, 2.24) is 15.1 Å². The van der Waals surface area contributed by atoms with Crippen molar-refractivity contribution in [3.63, 3.8) is 0 Å². The molecule has 0 saturated carbocycles. The standard InChI is InChI=1S/C18H35N3O4/c1-17(2,3)13-24-12-14(19-16(23)25-18(4,5)6)15(22)21-10-8-20(7)9-11-21/h14H,8-13H2,1-7H3,(H,19,23). The first-order valence-corrected chi connectivity index (χ1v) is 8.92. The van der Waals surface area contributed by atoms with Gasteiger partial charge in [0.1, 0.15) is 11.6 Å². The number of carbonyl (C=O) groups excluding carboxylic acids is 2. The summed E-state index contributed by atoms with van der Waals surface area (Å²) in [5.74, 6) is -0.118. The summed E-state index contributed by atoms with van der Waals surface area (Å²) in [6.45, 7) is 15.2. The third-order valence-corrected chi connectivity index (χ3v) is 3.62. The summed E-state index contributed by atoms with van der Waals surface area (Å²) in [7, 11) is 2.03. The molecule has 0 aromatic heterocycles. The first-order valence-electron chi connectivity index (χ1n) is 8.92. The predicted molar refractivity (Wildman–Crippen MR) is 97.5 cm³/mol. The van der Waals surface area contributed by atoms with Gasteiger partial charge >= 0.3 is 6.09 Å². The number of alkyl carbamates (subject to hydrolysis) is 1. The molecule has 1 aliphatic rings. The molecule has 1 aliphatic heterocycles. The molecule has 2 amide bonds. The number of hydrogen-bond acceptors (Lipinski definition) is 5. The van der Waals surface area contributed by atoms with Gasteiger partial charge in [0.2, 0.25) is 5.91 Å². The summed E-state index contributed by atoms with van der Waals surface area (Å²) in [4.78, 5) is 28.9. The molecule has 146 valence electrons. The number of nitrogens with one attached hydrogen (secondary N) is 1. The van der Waals surface area contributed by atoms with Crippen LogP contribution >= 0.6 is 0 Å². The number of hydrogen-bond donors (Lipinski definition) is 1. The van der Waals surface area contributed by atoms with E-state index in [0.29, 0.717) is 19.7 Å². The van der Waals surface area contributed by atoms with Crippen LogP contribution in [0.25, 0.3) is 0 Å². The van der Waals surface area contributed by atoms with Gasteiger partial charge in [0.05, 0.1) is 13.2 Å². The van der Waals surface area contributed by atoms with Crippen molar-refractivity contribution < 1.29 is 19.1 Å². The fourth-order valence-corrected chi connectivity index (χ4v) is 2.35. The van der Waals surface area contributed by atoms with Gasteiger partial charge in [-0.3, -0.25) is 4.79 Å². The number of likely N-dealkylation sites (N-methyl/N-ethyl adjacent to an activating group) is 1. The number of nitrogens with zero attached hydrogens (tertiary/aromatic N) is 2. The summed E-state index contributed by atoms with van der Waals surface area (Å²) in [6.07, 6.45) is -0.598. The molecule has 7 heteroatoms. The van der Waals surface area contributed by atoms with Gasteiger partial charge in [0, 0.05) is 26.2 Å². The minimum Gasteiger partial charge on any atom is -0.444 e. The molecule has 0 aliphatic carbocycles. The van der Waals surface area contributed by atoms with E-state index in [1.54, 1.807) is 25.7 Å². The SMILES string of the molecule is CN1CCN(C(=O)C(COCC(C)(C)C)NC(=O)OC(C)(C)C)CC1. The number of ether oxygens (including phenoxy) is 2. The lowest BCUT2D eigenvalue weighted by atomic mass is 9.99. The van der Waals surface area contributed by atoms with Crippen molar-refractivity contribution in [2.45, 2.75) is 53.2 Å². The van der Waals surface area contributed by atoms with Crippen LogP contribution in [0.5, 0.6) is 0 Å². The van der Waals surface area contributed by atoms with Gasteiger partial charge in [0.15, 0.2) is 0 Å². The second-order valence-electron chi connectivity index (χ2n) is 8.90. The zero-order chi connectivity index (χ0) is 19.3. The van der Waals surface area contributed by atoms with Gasteiger partial charge in [-0.25, -0.2) is 4.79 Å². The zero-order valence-electron chi connectivity index (χ0n) is 16.8. The van der Waals surface area contributed by atoms with E-state index in [-0.39, 0.29) is 17.9 Å². The van der Waals surface area contributed by atoms with Crippen LogP contribution in [-0.4, -0.2) is 79.9 Å². The minimum atomic E-state index is -0.736. The van der Waals surface area contributed by atoms with Crippen molar-refractivity contribution in [1.29, 1.82) is 0 Å². The van der Waals surface area contributed by atoms with Crippen molar-refractivity contribution >= 4 is 12.0 Å². The van der Waals surface area contributed by atoms with E-state index in [2.05, 4.69) is 31.0 Å². The highest BCUT2D eigenvalue weighted by atomic mass is 16.6. The maximum Gasteiger partial charge on any atom is 0.408 e. The Morgan fingerprint density at radius 3 is 2.08 bits per heavy atom. The molecule has 1 rings (SSSR count). The molecule has 1 saturated heterocycles. The molecule has 7 nitrogen and oxygen atoms in total. The zero-order valence-corrected chi connectivity index (χ0v) is 16.8. The van der Waals surface area contributed by atoms with Crippen LogP contribution in [-0.2, 0) is 14.3 Å². The Labute approximate surface area is 152 Å². The average Bonchev–Trinajstić information content (AvgIpc) is 2.43. The third-order valence-electron chi connectivity index (χ3n) is 3.62. The molecule has 25 heavy (non-hydrogen) atoms. The normalized spacial score (nSPS) is 18.0. The van der Waals surface area contributed by atoms with Gasteiger partial charge in [0.25, 0.3) is 0 Å². The Kier molecular flexibility index (Phi) is 7.68. The highest BCUT2D eigenvalue weighted by Gasteiger charge is 2.30. The van der Waals surface area contributed by atoms with E-state index in [1.807, 2.05) is 7.05 Å². The van der Waals surface area contributed by atoms with E-state index in [0.717, 1.165) is 13.1 Å². The second kappa shape index (κ2) is 8.85. The second-order valence-corrected chi connectivity index (χ2v) is 8.90. The molecule has 0 aromatic carbocycles. The van der Waals surface area contributed by atoms with Crippen molar-refractivity contribution in [2.24, 2.45) is 5.41 Å². The van der Waals surface area contributed by atoms with E-state index in [4.69, 9.17) is 9.47 Å². The van der Waals surface area contributed by atoms with Crippen molar-refractivity contribution in [2.75, 3.05) is 46.4 Å². The highest BCUT2D eigenvalue weighted by Crippen LogP contribution is 2.14. The van der Waals surface area contributed by atoms with Crippen LogP contribution in [0, 0.1) is 5.41 Å². The molecule has 1 N–H and O–H groups in total. The topological polar surface area (TPSA) is 71.1 Å². The number of amides is 2. The number of carbonyl (C=O) groups is 2. The molecule has 0 bridgehead atoms. The summed E-state index contributed by atoms with van der Waals surface area (Å²) in [5, 5.41) is 2.68. The van der Waals surface area contributed by atoms with E-state index >= 15 is 0 Å². The maximum atomic E-state index is 12.8. The Bertz CT molecular complexity index is 446. The monoisotopic (exact) mass is 357 g/mol. The van der Waals surface area contributed by atoms with E-state index < -0.39 is 17.7 Å². The summed E-state index contributed by atoms with van der Waals surface area (Å²) in [6, 6.07) is -0.736. The van der Waals surface area contributed by atoms with Crippen LogP contribution in [0.1, 0.15) is 41.5 Å². The lowest BCUT2D eigenvalue weighted by Crippen LogP contribution is -2.56. The molecule has 0 radical (unpaired) electrons. The van der Waals surface area contributed by atoms with Crippen molar-refractivity contribution in [3.8, 4) is 0 Å². The molecule has 1 atom stereocenters. The predicted octanol–water partition coefficient (Wildman–Crippen LogP) is 1.72. The lowest BCUT2D eigenvalue weighted by molar-refractivity contribution is -0.137.